The Bertz CT molecular complexity index is 897. The van der Waals surface area contributed by atoms with Gasteiger partial charge in [-0.15, -0.1) is 0 Å². The van der Waals surface area contributed by atoms with Crippen LogP contribution in [0.25, 0.3) is 11.0 Å². The number of hydrogen-bond donors (Lipinski definition) is 0. The average Bonchev–Trinajstić information content (AvgIpc) is 3.05. The van der Waals surface area contributed by atoms with E-state index in [9.17, 15) is 4.79 Å². The van der Waals surface area contributed by atoms with E-state index < -0.39 is 0 Å². The zero-order valence-electron chi connectivity index (χ0n) is 14.2. The van der Waals surface area contributed by atoms with Gasteiger partial charge in [0.1, 0.15) is 12.0 Å². The minimum atomic E-state index is 0.108. The van der Waals surface area contributed by atoms with E-state index in [-0.39, 0.29) is 12.3 Å². The fourth-order valence-corrected chi connectivity index (χ4v) is 3.56. The van der Waals surface area contributed by atoms with Gasteiger partial charge in [-0.1, -0.05) is 17.3 Å². The minimum Gasteiger partial charge on any atom is -0.356 e. The molecule has 3 heterocycles. The van der Waals surface area contributed by atoms with Crippen molar-refractivity contribution >= 4 is 16.9 Å². The van der Waals surface area contributed by atoms with Crippen molar-refractivity contribution in [2.24, 2.45) is 0 Å². The molecule has 1 aromatic carbocycles. The molecule has 1 fully saturated rings. The number of para-hydroxylation sites is 1. The summed E-state index contributed by atoms with van der Waals surface area (Å²) in [7, 11) is 0. The normalized spacial score (nSPS) is 15.6. The maximum absolute atomic E-state index is 12.6. The molecule has 6 nitrogen and oxygen atoms in total. The van der Waals surface area contributed by atoms with Crippen molar-refractivity contribution in [2.75, 3.05) is 13.1 Å². The molecule has 0 N–H and O–H groups in total. The first-order valence-electron chi connectivity index (χ1n) is 8.60. The molecule has 6 heteroatoms. The Morgan fingerprint density at radius 3 is 2.88 bits per heavy atom. The first-order chi connectivity index (χ1) is 12.2. The van der Waals surface area contributed by atoms with E-state index in [1.165, 1.54) is 0 Å². The van der Waals surface area contributed by atoms with Gasteiger partial charge < -0.3 is 9.42 Å². The van der Waals surface area contributed by atoms with E-state index in [1.54, 1.807) is 6.33 Å². The van der Waals surface area contributed by atoms with Gasteiger partial charge in [0.2, 0.25) is 5.91 Å². The number of rotatable bonds is 3. The Balaban J connectivity index is 1.41. The van der Waals surface area contributed by atoms with Gasteiger partial charge in [0.25, 0.3) is 0 Å². The lowest BCUT2D eigenvalue weighted by atomic mass is 9.91. The first-order valence-corrected chi connectivity index (χ1v) is 8.60. The Labute approximate surface area is 145 Å². The third-order valence-corrected chi connectivity index (χ3v) is 4.94. The summed E-state index contributed by atoms with van der Waals surface area (Å²) >= 11 is 0. The highest BCUT2D eigenvalue weighted by molar-refractivity contribution is 5.86. The molecule has 0 radical (unpaired) electrons. The SMILES string of the molecule is Cc1cncnc1C1CCN(C(=O)Cc2noc3ccccc23)CC1. The lowest BCUT2D eigenvalue weighted by Gasteiger charge is -2.32. The van der Waals surface area contributed by atoms with E-state index >= 15 is 0 Å². The molecule has 1 aliphatic heterocycles. The Kier molecular flexibility index (Phi) is 4.17. The molecule has 1 amide bonds. The fraction of sp³-hybridized carbons (Fsp3) is 0.368. The number of likely N-dealkylation sites (tertiary alicyclic amines) is 1. The van der Waals surface area contributed by atoms with E-state index in [0.717, 1.165) is 53.9 Å². The molecule has 1 saturated heterocycles. The first kappa shape index (κ1) is 15.7. The molecular weight excluding hydrogens is 316 g/mol. The molecule has 0 aliphatic carbocycles. The van der Waals surface area contributed by atoms with Crippen LogP contribution in [0, 0.1) is 6.92 Å². The molecule has 0 unspecified atom stereocenters. The smallest absolute Gasteiger partial charge is 0.228 e. The van der Waals surface area contributed by atoms with Crippen LogP contribution < -0.4 is 0 Å². The summed E-state index contributed by atoms with van der Waals surface area (Å²) in [6.45, 7) is 3.55. The van der Waals surface area contributed by atoms with Crippen molar-refractivity contribution in [1.29, 1.82) is 0 Å². The van der Waals surface area contributed by atoms with Gasteiger partial charge in [0.15, 0.2) is 5.58 Å². The lowest BCUT2D eigenvalue weighted by molar-refractivity contribution is -0.131. The fourth-order valence-electron chi connectivity index (χ4n) is 3.56. The molecule has 3 aromatic rings. The highest BCUT2D eigenvalue weighted by Gasteiger charge is 2.26. The Morgan fingerprint density at radius 1 is 1.28 bits per heavy atom. The van der Waals surface area contributed by atoms with Crippen molar-refractivity contribution in [2.45, 2.75) is 32.1 Å². The molecular formula is C19H20N4O2. The average molecular weight is 336 g/mol. The van der Waals surface area contributed by atoms with Crippen molar-refractivity contribution in [3.05, 3.63) is 53.7 Å². The predicted molar refractivity (Wildman–Crippen MR) is 93.0 cm³/mol. The zero-order chi connectivity index (χ0) is 17.2. The monoisotopic (exact) mass is 336 g/mol. The summed E-state index contributed by atoms with van der Waals surface area (Å²) in [5, 5.41) is 4.98. The van der Waals surface area contributed by atoms with Crippen molar-refractivity contribution in [3.63, 3.8) is 0 Å². The number of fused-ring (bicyclic) bond motifs is 1. The topological polar surface area (TPSA) is 72.1 Å². The van der Waals surface area contributed by atoms with Crippen LogP contribution in [0.4, 0.5) is 0 Å². The largest absolute Gasteiger partial charge is 0.356 e. The van der Waals surface area contributed by atoms with Crippen LogP contribution in [0.15, 0.2) is 41.3 Å². The predicted octanol–water partition coefficient (Wildman–Crippen LogP) is 2.87. The van der Waals surface area contributed by atoms with Crippen LogP contribution in [0.5, 0.6) is 0 Å². The quantitative estimate of drug-likeness (QED) is 0.735. The Hall–Kier alpha value is -2.76. The third-order valence-electron chi connectivity index (χ3n) is 4.94. The van der Waals surface area contributed by atoms with Gasteiger partial charge in [-0.2, -0.15) is 0 Å². The number of nitrogens with zero attached hydrogens (tertiary/aromatic N) is 4. The van der Waals surface area contributed by atoms with Crippen LogP contribution in [0.2, 0.25) is 0 Å². The zero-order valence-corrected chi connectivity index (χ0v) is 14.2. The van der Waals surface area contributed by atoms with E-state index in [1.807, 2.05) is 42.3 Å². The second-order valence-electron chi connectivity index (χ2n) is 6.55. The van der Waals surface area contributed by atoms with Crippen LogP contribution in [0.3, 0.4) is 0 Å². The number of carbonyl (C=O) groups excluding carboxylic acids is 1. The van der Waals surface area contributed by atoms with Gasteiger partial charge >= 0.3 is 0 Å². The van der Waals surface area contributed by atoms with E-state index in [0.29, 0.717) is 5.92 Å². The molecule has 25 heavy (non-hydrogen) atoms. The summed E-state index contributed by atoms with van der Waals surface area (Å²) in [4.78, 5) is 23.1. The van der Waals surface area contributed by atoms with E-state index in [4.69, 9.17) is 4.52 Å². The second kappa shape index (κ2) is 6.63. The maximum Gasteiger partial charge on any atom is 0.228 e. The van der Waals surface area contributed by atoms with Gasteiger partial charge in [-0.05, 0) is 37.5 Å². The summed E-state index contributed by atoms with van der Waals surface area (Å²) in [5.41, 5.74) is 3.68. The molecule has 2 aromatic heterocycles. The van der Waals surface area contributed by atoms with Gasteiger partial charge in [0, 0.05) is 36.3 Å². The second-order valence-corrected chi connectivity index (χ2v) is 6.55. The van der Waals surface area contributed by atoms with Crippen molar-refractivity contribution in [3.8, 4) is 0 Å². The molecule has 0 bridgehead atoms. The number of carbonyl (C=O) groups is 1. The minimum absolute atomic E-state index is 0.108. The summed E-state index contributed by atoms with van der Waals surface area (Å²) < 4.78 is 5.29. The summed E-state index contributed by atoms with van der Waals surface area (Å²) in [5.74, 6) is 0.511. The molecule has 0 atom stereocenters. The number of hydrogen-bond acceptors (Lipinski definition) is 5. The van der Waals surface area contributed by atoms with Gasteiger partial charge in [-0.25, -0.2) is 9.97 Å². The number of benzene rings is 1. The van der Waals surface area contributed by atoms with Gasteiger partial charge in [0.05, 0.1) is 6.42 Å². The highest BCUT2D eigenvalue weighted by Crippen LogP contribution is 2.28. The van der Waals surface area contributed by atoms with Crippen LogP contribution in [-0.4, -0.2) is 39.0 Å². The van der Waals surface area contributed by atoms with Crippen LogP contribution in [-0.2, 0) is 11.2 Å². The molecule has 0 saturated carbocycles. The maximum atomic E-state index is 12.6. The standard InChI is InChI=1S/C19H20N4O2/c1-13-11-20-12-21-19(13)14-6-8-23(9-7-14)18(24)10-16-15-4-2-3-5-17(15)25-22-16/h2-5,11-12,14H,6-10H2,1H3. The van der Waals surface area contributed by atoms with Crippen LogP contribution in [0.1, 0.15) is 35.7 Å². The van der Waals surface area contributed by atoms with Crippen molar-refractivity contribution < 1.29 is 9.32 Å². The van der Waals surface area contributed by atoms with Crippen LogP contribution >= 0.6 is 0 Å². The number of aryl methyl sites for hydroxylation is 1. The number of piperidine rings is 1. The third kappa shape index (κ3) is 3.12. The van der Waals surface area contributed by atoms with E-state index in [2.05, 4.69) is 15.1 Å². The lowest BCUT2D eigenvalue weighted by Crippen LogP contribution is -2.39. The van der Waals surface area contributed by atoms with Gasteiger partial charge in [-0.3, -0.25) is 4.79 Å². The number of aromatic nitrogens is 3. The summed E-state index contributed by atoms with van der Waals surface area (Å²) in [6.07, 6.45) is 5.62. The number of amides is 1. The molecule has 4 rings (SSSR count). The molecule has 0 spiro atoms. The van der Waals surface area contributed by atoms with Crippen molar-refractivity contribution in [1.82, 2.24) is 20.0 Å². The Morgan fingerprint density at radius 2 is 2.08 bits per heavy atom. The summed E-state index contributed by atoms with van der Waals surface area (Å²) in [6, 6.07) is 7.65. The molecule has 128 valence electrons. The molecule has 1 aliphatic rings. The highest BCUT2D eigenvalue weighted by atomic mass is 16.5.